The molecule has 0 radical (unpaired) electrons. The van der Waals surface area contributed by atoms with Crippen LogP contribution in [0.4, 0.5) is 8.78 Å². The van der Waals surface area contributed by atoms with Gasteiger partial charge in [0.25, 0.3) is 0 Å². The van der Waals surface area contributed by atoms with E-state index in [1.807, 2.05) is 0 Å². The molecule has 0 aliphatic heterocycles. The van der Waals surface area contributed by atoms with Crippen molar-refractivity contribution >= 4 is 0 Å². The third kappa shape index (κ3) is 5.75. The van der Waals surface area contributed by atoms with Gasteiger partial charge in [0.15, 0.2) is 0 Å². The van der Waals surface area contributed by atoms with Crippen molar-refractivity contribution in [2.75, 3.05) is 13.1 Å². The fourth-order valence-corrected chi connectivity index (χ4v) is 1.49. The molecule has 0 saturated carbocycles. The van der Waals surface area contributed by atoms with Crippen LogP contribution in [-0.4, -0.2) is 19.1 Å². The minimum absolute atomic E-state index is 0.438. The monoisotopic (exact) mass is 242 g/mol. The molecule has 4 heteroatoms. The lowest BCUT2D eigenvalue weighted by Gasteiger charge is -2.09. The summed E-state index contributed by atoms with van der Waals surface area (Å²) in [5.74, 6) is -1.02. The molecular formula is C13H20F2N2. The van der Waals surface area contributed by atoms with Gasteiger partial charge < -0.3 is 10.6 Å². The van der Waals surface area contributed by atoms with Gasteiger partial charge in [0, 0.05) is 24.2 Å². The van der Waals surface area contributed by atoms with E-state index in [4.69, 9.17) is 0 Å². The van der Waals surface area contributed by atoms with E-state index in [1.54, 1.807) is 0 Å². The molecule has 0 atom stereocenters. The van der Waals surface area contributed by atoms with Crippen molar-refractivity contribution in [1.82, 2.24) is 10.6 Å². The van der Waals surface area contributed by atoms with Gasteiger partial charge in [-0.3, -0.25) is 0 Å². The molecule has 1 aromatic carbocycles. The molecular weight excluding hydrogens is 222 g/mol. The first kappa shape index (κ1) is 14.1. The van der Waals surface area contributed by atoms with Crippen molar-refractivity contribution in [3.05, 3.63) is 35.4 Å². The van der Waals surface area contributed by atoms with E-state index in [-0.39, 0.29) is 0 Å². The molecule has 0 spiro atoms. The summed E-state index contributed by atoms with van der Waals surface area (Å²) in [6.45, 7) is 6.39. The van der Waals surface area contributed by atoms with Crippen LogP contribution in [0, 0.1) is 11.6 Å². The van der Waals surface area contributed by atoms with Crippen molar-refractivity contribution in [2.45, 2.75) is 32.9 Å². The summed E-state index contributed by atoms with van der Waals surface area (Å²) in [5, 5.41) is 6.43. The highest BCUT2D eigenvalue weighted by Crippen LogP contribution is 2.08. The van der Waals surface area contributed by atoms with Crippen molar-refractivity contribution < 1.29 is 8.78 Å². The zero-order valence-corrected chi connectivity index (χ0v) is 10.4. The quantitative estimate of drug-likeness (QED) is 0.718. The Morgan fingerprint density at radius 1 is 1.18 bits per heavy atom. The Hall–Kier alpha value is -1.00. The third-order valence-corrected chi connectivity index (χ3v) is 2.41. The molecule has 0 amide bonds. The van der Waals surface area contributed by atoms with Gasteiger partial charge in [0.1, 0.15) is 11.6 Å². The maximum atomic E-state index is 13.2. The summed E-state index contributed by atoms with van der Waals surface area (Å²) in [6, 6.07) is 4.16. The van der Waals surface area contributed by atoms with E-state index in [0.717, 1.165) is 25.6 Å². The molecule has 96 valence electrons. The van der Waals surface area contributed by atoms with Crippen LogP contribution in [0.15, 0.2) is 18.2 Å². The van der Waals surface area contributed by atoms with Crippen molar-refractivity contribution in [2.24, 2.45) is 0 Å². The normalized spacial score (nSPS) is 11.1. The summed E-state index contributed by atoms with van der Waals surface area (Å²) in [4.78, 5) is 0. The molecule has 2 nitrogen and oxygen atoms in total. The summed E-state index contributed by atoms with van der Waals surface area (Å²) in [5.41, 5.74) is 0.503. The van der Waals surface area contributed by atoms with E-state index >= 15 is 0 Å². The molecule has 0 unspecified atom stereocenters. The highest BCUT2D eigenvalue weighted by Gasteiger charge is 2.02. The van der Waals surface area contributed by atoms with Crippen LogP contribution in [0.1, 0.15) is 25.8 Å². The minimum Gasteiger partial charge on any atom is -0.314 e. The van der Waals surface area contributed by atoms with Crippen LogP contribution in [0.5, 0.6) is 0 Å². The van der Waals surface area contributed by atoms with Gasteiger partial charge in [-0.2, -0.15) is 0 Å². The van der Waals surface area contributed by atoms with Gasteiger partial charge in [-0.25, -0.2) is 8.78 Å². The van der Waals surface area contributed by atoms with Crippen LogP contribution >= 0.6 is 0 Å². The van der Waals surface area contributed by atoms with Crippen molar-refractivity contribution in [3.8, 4) is 0 Å². The molecule has 0 heterocycles. The molecule has 2 N–H and O–H groups in total. The lowest BCUT2D eigenvalue weighted by atomic mass is 10.2. The fraction of sp³-hybridized carbons (Fsp3) is 0.538. The fourth-order valence-electron chi connectivity index (χ4n) is 1.49. The lowest BCUT2D eigenvalue weighted by molar-refractivity contribution is 0.535. The van der Waals surface area contributed by atoms with Gasteiger partial charge in [0.05, 0.1) is 0 Å². The van der Waals surface area contributed by atoms with Gasteiger partial charge >= 0.3 is 0 Å². The maximum absolute atomic E-state index is 13.2. The zero-order valence-electron chi connectivity index (χ0n) is 10.4. The number of halogens is 2. The Labute approximate surface area is 101 Å². The summed E-state index contributed by atoms with van der Waals surface area (Å²) >= 11 is 0. The van der Waals surface area contributed by atoms with Crippen molar-refractivity contribution in [1.29, 1.82) is 0 Å². The molecule has 0 bridgehead atoms. The molecule has 0 aliphatic rings. The van der Waals surface area contributed by atoms with Crippen LogP contribution < -0.4 is 10.6 Å². The summed E-state index contributed by atoms with van der Waals surface area (Å²) in [6.07, 6.45) is 0.987. The number of nitrogens with one attached hydrogen (secondary N) is 2. The Morgan fingerprint density at radius 2 is 1.94 bits per heavy atom. The topological polar surface area (TPSA) is 24.1 Å². The molecule has 1 rings (SSSR count). The summed E-state index contributed by atoms with van der Waals surface area (Å²) in [7, 11) is 0. The number of hydrogen-bond acceptors (Lipinski definition) is 2. The Morgan fingerprint density at radius 3 is 2.59 bits per heavy atom. The highest BCUT2D eigenvalue weighted by molar-refractivity contribution is 5.18. The first-order valence-corrected chi connectivity index (χ1v) is 5.97. The molecule has 17 heavy (non-hydrogen) atoms. The van der Waals surface area contributed by atoms with E-state index < -0.39 is 11.6 Å². The standard InChI is InChI=1S/C13H20F2N2/c1-10(2)17-7-3-6-16-9-11-4-5-12(14)8-13(11)15/h4-5,8,10,16-17H,3,6-7,9H2,1-2H3. The van der Waals surface area contributed by atoms with E-state index in [0.29, 0.717) is 18.2 Å². The van der Waals surface area contributed by atoms with Crippen LogP contribution in [-0.2, 0) is 6.54 Å². The predicted octanol–water partition coefficient (Wildman–Crippen LogP) is 2.44. The number of benzene rings is 1. The number of hydrogen-bond donors (Lipinski definition) is 2. The first-order valence-electron chi connectivity index (χ1n) is 5.97. The Bertz CT molecular complexity index is 340. The molecule has 0 saturated heterocycles. The van der Waals surface area contributed by atoms with Gasteiger partial charge in [-0.15, -0.1) is 0 Å². The second-order valence-corrected chi connectivity index (χ2v) is 4.37. The molecule has 1 aromatic rings. The maximum Gasteiger partial charge on any atom is 0.130 e. The Balaban J connectivity index is 2.18. The largest absolute Gasteiger partial charge is 0.314 e. The van der Waals surface area contributed by atoms with E-state index in [1.165, 1.54) is 12.1 Å². The predicted molar refractivity (Wildman–Crippen MR) is 65.8 cm³/mol. The smallest absolute Gasteiger partial charge is 0.130 e. The second-order valence-electron chi connectivity index (χ2n) is 4.37. The van der Waals surface area contributed by atoms with Crippen LogP contribution in [0.2, 0.25) is 0 Å². The summed E-state index contributed by atoms with van der Waals surface area (Å²) < 4.78 is 25.9. The van der Waals surface area contributed by atoms with Crippen molar-refractivity contribution in [3.63, 3.8) is 0 Å². The van der Waals surface area contributed by atoms with E-state index in [9.17, 15) is 8.78 Å². The van der Waals surface area contributed by atoms with E-state index in [2.05, 4.69) is 24.5 Å². The lowest BCUT2D eigenvalue weighted by Crippen LogP contribution is -2.26. The number of rotatable bonds is 7. The average molecular weight is 242 g/mol. The zero-order chi connectivity index (χ0) is 12.7. The molecule has 0 aromatic heterocycles. The molecule has 0 fully saturated rings. The van der Waals surface area contributed by atoms with Gasteiger partial charge in [-0.1, -0.05) is 19.9 Å². The van der Waals surface area contributed by atoms with Gasteiger partial charge in [0.2, 0.25) is 0 Å². The first-order chi connectivity index (χ1) is 8.09. The van der Waals surface area contributed by atoms with Crippen LogP contribution in [0.3, 0.4) is 0 Å². The second kappa shape index (κ2) is 7.35. The van der Waals surface area contributed by atoms with Gasteiger partial charge in [-0.05, 0) is 25.6 Å². The van der Waals surface area contributed by atoms with Crippen LogP contribution in [0.25, 0.3) is 0 Å². The average Bonchev–Trinajstić information content (AvgIpc) is 2.25. The third-order valence-electron chi connectivity index (χ3n) is 2.41. The Kier molecular flexibility index (Phi) is 6.08. The highest BCUT2D eigenvalue weighted by atomic mass is 19.1. The minimum atomic E-state index is -0.535. The molecule has 0 aliphatic carbocycles. The SMILES string of the molecule is CC(C)NCCCNCc1ccc(F)cc1F.